The summed E-state index contributed by atoms with van der Waals surface area (Å²) in [7, 11) is -2.98. The van der Waals surface area contributed by atoms with Crippen LogP contribution in [-0.2, 0) is 14.6 Å². The van der Waals surface area contributed by atoms with Crippen LogP contribution in [-0.4, -0.2) is 55.0 Å². The van der Waals surface area contributed by atoms with Crippen molar-refractivity contribution in [3.05, 3.63) is 0 Å². The summed E-state index contributed by atoms with van der Waals surface area (Å²) in [6.45, 7) is 0.818. The third kappa shape index (κ3) is 2.22. The second-order valence-corrected chi connectivity index (χ2v) is 7.08. The minimum atomic E-state index is -2.98. The van der Waals surface area contributed by atoms with Crippen LogP contribution in [0.25, 0.3) is 0 Å². The van der Waals surface area contributed by atoms with Crippen LogP contribution in [0.1, 0.15) is 19.3 Å². The molecule has 1 N–H and O–H groups in total. The zero-order valence-electron chi connectivity index (χ0n) is 9.13. The zero-order chi connectivity index (χ0) is 11.8. The lowest BCUT2D eigenvalue weighted by Gasteiger charge is -2.20. The average molecular weight is 247 g/mol. The Bertz CT molecular complexity index is 378. The number of carbonyl (C=O) groups excluding carboxylic acids is 1. The van der Waals surface area contributed by atoms with E-state index >= 15 is 0 Å². The van der Waals surface area contributed by atoms with Gasteiger partial charge in [0.25, 0.3) is 0 Å². The Morgan fingerprint density at radius 2 is 2.19 bits per heavy atom. The van der Waals surface area contributed by atoms with Gasteiger partial charge >= 0.3 is 0 Å². The van der Waals surface area contributed by atoms with Gasteiger partial charge in [0.2, 0.25) is 5.91 Å². The van der Waals surface area contributed by atoms with Gasteiger partial charge in [-0.15, -0.1) is 0 Å². The van der Waals surface area contributed by atoms with Crippen LogP contribution in [0.4, 0.5) is 0 Å². The summed E-state index contributed by atoms with van der Waals surface area (Å²) < 4.78 is 23.2. The smallest absolute Gasteiger partial charge is 0.223 e. The summed E-state index contributed by atoms with van der Waals surface area (Å²) in [5.74, 6) is 0.209. The molecule has 0 saturated carbocycles. The fourth-order valence-electron chi connectivity index (χ4n) is 2.46. The van der Waals surface area contributed by atoms with E-state index in [2.05, 4.69) is 0 Å². The van der Waals surface area contributed by atoms with Gasteiger partial charge in [-0.05, 0) is 12.8 Å². The van der Waals surface area contributed by atoms with Crippen molar-refractivity contribution >= 4 is 15.7 Å². The molecule has 2 aliphatic heterocycles. The van der Waals surface area contributed by atoms with Gasteiger partial charge < -0.3 is 10.0 Å². The number of carbonyl (C=O) groups is 1. The fourth-order valence-corrected chi connectivity index (χ4v) is 4.30. The van der Waals surface area contributed by atoms with Gasteiger partial charge in [0.15, 0.2) is 9.84 Å². The van der Waals surface area contributed by atoms with Crippen LogP contribution in [0.15, 0.2) is 0 Å². The SMILES string of the molecule is O=C1CC(CO)CN1CC1CCCS1(=O)=O. The molecule has 2 saturated heterocycles. The Labute approximate surface area is 95.4 Å². The van der Waals surface area contributed by atoms with Crippen molar-refractivity contribution in [1.82, 2.24) is 4.90 Å². The van der Waals surface area contributed by atoms with Gasteiger partial charge in [-0.25, -0.2) is 8.42 Å². The lowest BCUT2D eigenvalue weighted by atomic mass is 10.1. The molecule has 0 aromatic rings. The molecule has 2 heterocycles. The Hall–Kier alpha value is -0.620. The van der Waals surface area contributed by atoms with Crippen LogP contribution >= 0.6 is 0 Å². The highest BCUT2D eigenvalue weighted by Gasteiger charge is 2.37. The molecular formula is C10H17NO4S. The number of hydrogen-bond acceptors (Lipinski definition) is 4. The normalized spacial score (nSPS) is 33.6. The molecule has 0 spiro atoms. The average Bonchev–Trinajstić information content (AvgIpc) is 2.72. The lowest BCUT2D eigenvalue weighted by molar-refractivity contribution is -0.127. The van der Waals surface area contributed by atoms with E-state index in [-0.39, 0.29) is 29.4 Å². The summed E-state index contributed by atoms with van der Waals surface area (Å²) in [6, 6.07) is 0. The highest BCUT2D eigenvalue weighted by molar-refractivity contribution is 7.92. The summed E-state index contributed by atoms with van der Waals surface area (Å²) >= 11 is 0. The van der Waals surface area contributed by atoms with E-state index < -0.39 is 9.84 Å². The molecule has 1 amide bonds. The van der Waals surface area contributed by atoms with Crippen molar-refractivity contribution in [3.8, 4) is 0 Å². The molecule has 92 valence electrons. The highest BCUT2D eigenvalue weighted by Crippen LogP contribution is 2.24. The number of likely N-dealkylation sites (tertiary alicyclic amines) is 1. The monoisotopic (exact) mass is 247 g/mol. The molecular weight excluding hydrogens is 230 g/mol. The van der Waals surface area contributed by atoms with Crippen molar-refractivity contribution in [2.24, 2.45) is 5.92 Å². The van der Waals surface area contributed by atoms with E-state index in [4.69, 9.17) is 5.11 Å². The third-order valence-electron chi connectivity index (χ3n) is 3.44. The third-order valence-corrected chi connectivity index (χ3v) is 5.70. The molecule has 6 heteroatoms. The number of amides is 1. The van der Waals surface area contributed by atoms with E-state index in [0.29, 0.717) is 32.4 Å². The first kappa shape index (κ1) is 11.9. The van der Waals surface area contributed by atoms with Gasteiger partial charge in [-0.2, -0.15) is 0 Å². The predicted molar refractivity (Wildman–Crippen MR) is 58.6 cm³/mol. The molecule has 0 radical (unpaired) electrons. The zero-order valence-corrected chi connectivity index (χ0v) is 9.95. The Morgan fingerprint density at radius 1 is 1.44 bits per heavy atom. The highest BCUT2D eigenvalue weighted by atomic mass is 32.2. The van der Waals surface area contributed by atoms with E-state index in [1.165, 1.54) is 0 Å². The Morgan fingerprint density at radius 3 is 2.69 bits per heavy atom. The number of aliphatic hydroxyl groups is 1. The minimum absolute atomic E-state index is 0.000341. The molecule has 0 bridgehead atoms. The second kappa shape index (κ2) is 4.33. The van der Waals surface area contributed by atoms with E-state index in [1.54, 1.807) is 4.90 Å². The van der Waals surface area contributed by atoms with Gasteiger partial charge in [0.1, 0.15) is 0 Å². The van der Waals surface area contributed by atoms with Crippen molar-refractivity contribution in [3.63, 3.8) is 0 Å². The van der Waals surface area contributed by atoms with E-state index in [9.17, 15) is 13.2 Å². The van der Waals surface area contributed by atoms with E-state index in [0.717, 1.165) is 0 Å². The number of sulfone groups is 1. The van der Waals surface area contributed by atoms with Crippen LogP contribution in [0.3, 0.4) is 0 Å². The standard InChI is InChI=1S/C10H17NO4S/c12-7-8-4-10(13)11(5-8)6-9-2-1-3-16(9,14)15/h8-9,12H,1-7H2. The largest absolute Gasteiger partial charge is 0.396 e. The number of aliphatic hydroxyl groups excluding tert-OH is 1. The molecule has 2 unspecified atom stereocenters. The molecule has 2 aliphatic rings. The number of hydrogen-bond donors (Lipinski definition) is 1. The van der Waals surface area contributed by atoms with Crippen LogP contribution in [0.2, 0.25) is 0 Å². The molecule has 0 aromatic carbocycles. The molecule has 2 rings (SSSR count). The van der Waals surface area contributed by atoms with Gasteiger partial charge in [-0.1, -0.05) is 0 Å². The summed E-state index contributed by atoms with van der Waals surface area (Å²) in [5.41, 5.74) is 0. The van der Waals surface area contributed by atoms with Gasteiger partial charge in [0, 0.05) is 32.0 Å². The maximum absolute atomic E-state index is 11.6. The molecule has 2 atom stereocenters. The fraction of sp³-hybridized carbons (Fsp3) is 0.900. The van der Waals surface area contributed by atoms with Gasteiger partial charge in [-0.3, -0.25) is 4.79 Å². The molecule has 5 nitrogen and oxygen atoms in total. The van der Waals surface area contributed by atoms with Crippen LogP contribution < -0.4 is 0 Å². The predicted octanol–water partition coefficient (Wildman–Crippen LogP) is -0.596. The van der Waals surface area contributed by atoms with Gasteiger partial charge in [0.05, 0.1) is 11.0 Å². The van der Waals surface area contributed by atoms with Crippen LogP contribution in [0.5, 0.6) is 0 Å². The first-order valence-electron chi connectivity index (χ1n) is 5.63. The maximum Gasteiger partial charge on any atom is 0.223 e. The first-order valence-corrected chi connectivity index (χ1v) is 7.34. The van der Waals surface area contributed by atoms with Crippen molar-refractivity contribution in [2.75, 3.05) is 25.4 Å². The summed E-state index contributed by atoms with van der Waals surface area (Å²) in [6.07, 6.45) is 1.72. The van der Waals surface area contributed by atoms with Crippen molar-refractivity contribution in [1.29, 1.82) is 0 Å². The number of nitrogens with zero attached hydrogens (tertiary/aromatic N) is 1. The van der Waals surface area contributed by atoms with Crippen LogP contribution in [0, 0.1) is 5.92 Å². The van der Waals surface area contributed by atoms with Crippen molar-refractivity contribution < 1.29 is 18.3 Å². The summed E-state index contributed by atoms with van der Waals surface area (Å²) in [5, 5.41) is 8.59. The Balaban J connectivity index is 1.98. The molecule has 16 heavy (non-hydrogen) atoms. The lowest BCUT2D eigenvalue weighted by Crippen LogP contribution is -2.36. The topological polar surface area (TPSA) is 74.7 Å². The Kier molecular flexibility index (Phi) is 3.21. The quantitative estimate of drug-likeness (QED) is 0.723. The molecule has 0 aromatic heterocycles. The molecule has 2 fully saturated rings. The molecule has 0 aliphatic carbocycles. The number of rotatable bonds is 3. The van der Waals surface area contributed by atoms with E-state index in [1.807, 2.05) is 0 Å². The minimum Gasteiger partial charge on any atom is -0.396 e. The maximum atomic E-state index is 11.6. The second-order valence-electron chi connectivity index (χ2n) is 4.68. The van der Waals surface area contributed by atoms with Crippen molar-refractivity contribution in [2.45, 2.75) is 24.5 Å². The first-order chi connectivity index (χ1) is 7.53. The summed E-state index contributed by atoms with van der Waals surface area (Å²) in [4.78, 5) is 13.2.